The number of rotatable bonds is 5. The Kier molecular flexibility index (Phi) is 7.50. The first kappa shape index (κ1) is 17.1. The highest BCUT2D eigenvalue weighted by molar-refractivity contribution is 5.12. The summed E-state index contributed by atoms with van der Waals surface area (Å²) in [6.45, 7) is 2.34. The van der Waals surface area contributed by atoms with Gasteiger partial charge in [0.05, 0.1) is 6.07 Å². The van der Waals surface area contributed by atoms with Gasteiger partial charge in [0.25, 0.3) is 0 Å². The summed E-state index contributed by atoms with van der Waals surface area (Å²) in [6.07, 6.45) is 25.1. The lowest BCUT2D eigenvalue weighted by Crippen LogP contribution is -2.14. The molecule has 2 rings (SSSR count). The van der Waals surface area contributed by atoms with Crippen LogP contribution in [0.3, 0.4) is 0 Å². The van der Waals surface area contributed by atoms with Crippen LogP contribution in [-0.2, 0) is 0 Å². The van der Waals surface area contributed by atoms with Crippen molar-refractivity contribution in [1.82, 2.24) is 0 Å². The van der Waals surface area contributed by atoms with E-state index in [9.17, 15) is 0 Å². The minimum Gasteiger partial charge on any atom is -0.193 e. The highest BCUT2D eigenvalue weighted by Crippen LogP contribution is 2.34. The topological polar surface area (TPSA) is 23.8 Å². The molecule has 2 saturated carbocycles. The molecule has 0 aromatic rings. The van der Waals surface area contributed by atoms with Crippen molar-refractivity contribution in [1.29, 1.82) is 5.26 Å². The van der Waals surface area contributed by atoms with Gasteiger partial charge in [0.15, 0.2) is 0 Å². The van der Waals surface area contributed by atoms with Crippen LogP contribution in [0.1, 0.15) is 64.7 Å². The molecule has 0 heterocycles. The molecule has 0 unspecified atom stereocenters. The molecular formula is C21H31N. The fourth-order valence-corrected chi connectivity index (χ4v) is 3.95. The maximum absolute atomic E-state index is 8.45. The molecule has 0 saturated heterocycles. The molecule has 0 amide bonds. The van der Waals surface area contributed by atoms with Crippen LogP contribution in [0.4, 0.5) is 0 Å². The first-order chi connectivity index (χ1) is 10.8. The highest BCUT2D eigenvalue weighted by Gasteiger charge is 2.20. The van der Waals surface area contributed by atoms with E-state index < -0.39 is 0 Å². The van der Waals surface area contributed by atoms with Crippen LogP contribution in [0.5, 0.6) is 0 Å². The van der Waals surface area contributed by atoms with Gasteiger partial charge < -0.3 is 0 Å². The SMILES string of the molecule is CCC1CCC(C=CC2CCC(C=CC=CC#N)CC2)CC1. The van der Waals surface area contributed by atoms with Gasteiger partial charge in [-0.25, -0.2) is 0 Å². The largest absolute Gasteiger partial charge is 0.193 e. The molecule has 0 aromatic carbocycles. The van der Waals surface area contributed by atoms with Crippen molar-refractivity contribution in [3.05, 3.63) is 36.5 Å². The van der Waals surface area contributed by atoms with Crippen molar-refractivity contribution >= 4 is 0 Å². The van der Waals surface area contributed by atoms with E-state index in [2.05, 4.69) is 25.2 Å². The second kappa shape index (κ2) is 9.67. The number of nitrogens with zero attached hydrogens (tertiary/aromatic N) is 1. The van der Waals surface area contributed by atoms with Crippen LogP contribution in [0, 0.1) is 35.0 Å². The number of nitriles is 1. The third-order valence-corrected chi connectivity index (χ3v) is 5.61. The van der Waals surface area contributed by atoms with Crippen LogP contribution >= 0.6 is 0 Å². The zero-order valence-corrected chi connectivity index (χ0v) is 14.1. The quantitative estimate of drug-likeness (QED) is 0.336. The molecule has 1 heteroatoms. The van der Waals surface area contributed by atoms with E-state index in [-0.39, 0.29) is 0 Å². The van der Waals surface area contributed by atoms with Gasteiger partial charge in [0.2, 0.25) is 0 Å². The number of hydrogen-bond acceptors (Lipinski definition) is 1. The van der Waals surface area contributed by atoms with Gasteiger partial charge in [0, 0.05) is 6.08 Å². The Morgan fingerprint density at radius 3 is 1.77 bits per heavy atom. The van der Waals surface area contributed by atoms with Crippen molar-refractivity contribution < 1.29 is 0 Å². The Labute approximate surface area is 136 Å². The van der Waals surface area contributed by atoms with E-state index >= 15 is 0 Å². The smallest absolute Gasteiger partial charge is 0.0912 e. The molecule has 2 fully saturated rings. The second-order valence-corrected chi connectivity index (χ2v) is 7.12. The molecule has 0 atom stereocenters. The van der Waals surface area contributed by atoms with Crippen LogP contribution < -0.4 is 0 Å². The zero-order chi connectivity index (χ0) is 15.6. The maximum atomic E-state index is 8.45. The Balaban J connectivity index is 1.67. The van der Waals surface area contributed by atoms with Gasteiger partial charge in [0.1, 0.15) is 0 Å². The second-order valence-electron chi connectivity index (χ2n) is 7.12. The molecule has 0 N–H and O–H groups in total. The minimum absolute atomic E-state index is 0.716. The lowest BCUT2D eigenvalue weighted by atomic mass is 9.78. The summed E-state index contributed by atoms with van der Waals surface area (Å²) in [7, 11) is 0. The molecule has 0 spiro atoms. The van der Waals surface area contributed by atoms with Crippen molar-refractivity contribution in [2.75, 3.05) is 0 Å². The molecule has 2 aliphatic rings. The van der Waals surface area contributed by atoms with E-state index in [1.165, 1.54) is 63.9 Å². The van der Waals surface area contributed by atoms with Gasteiger partial charge in [-0.3, -0.25) is 0 Å². The van der Waals surface area contributed by atoms with Crippen molar-refractivity contribution in [3.63, 3.8) is 0 Å². The third-order valence-electron chi connectivity index (χ3n) is 5.61. The average Bonchev–Trinajstić information content (AvgIpc) is 2.58. The normalized spacial score (nSPS) is 33.6. The van der Waals surface area contributed by atoms with Gasteiger partial charge >= 0.3 is 0 Å². The summed E-state index contributed by atoms with van der Waals surface area (Å²) < 4.78 is 0. The first-order valence-electron chi connectivity index (χ1n) is 9.23. The van der Waals surface area contributed by atoms with Gasteiger partial charge in [-0.2, -0.15) is 5.26 Å². The fraction of sp³-hybridized carbons (Fsp3) is 0.667. The van der Waals surface area contributed by atoms with Gasteiger partial charge in [-0.1, -0.05) is 43.7 Å². The highest BCUT2D eigenvalue weighted by atomic mass is 14.3. The molecule has 2 aliphatic carbocycles. The van der Waals surface area contributed by atoms with Crippen molar-refractivity contribution in [2.45, 2.75) is 64.7 Å². The Hall–Kier alpha value is -1.29. The molecule has 0 bridgehead atoms. The van der Waals surface area contributed by atoms with Crippen LogP contribution in [-0.4, -0.2) is 0 Å². The molecule has 0 aromatic heterocycles. The summed E-state index contributed by atoms with van der Waals surface area (Å²) in [6, 6.07) is 2.03. The fourth-order valence-electron chi connectivity index (χ4n) is 3.95. The van der Waals surface area contributed by atoms with E-state index in [0.29, 0.717) is 5.92 Å². The standard InChI is InChI=1S/C21H31N/c1-2-18-7-9-20(10-8-18)15-16-21-13-11-19(12-14-21)6-4-3-5-17-22/h3-6,15-16,18-21H,2,7-14H2,1H3. The summed E-state index contributed by atoms with van der Waals surface area (Å²) >= 11 is 0. The zero-order valence-electron chi connectivity index (χ0n) is 14.1. The van der Waals surface area contributed by atoms with Gasteiger partial charge in [-0.05, 0) is 75.0 Å². The lowest BCUT2D eigenvalue weighted by Gasteiger charge is -2.27. The molecule has 120 valence electrons. The first-order valence-corrected chi connectivity index (χ1v) is 9.23. The van der Waals surface area contributed by atoms with Crippen molar-refractivity contribution in [3.8, 4) is 6.07 Å². The maximum Gasteiger partial charge on any atom is 0.0912 e. The molecule has 1 nitrogen and oxygen atoms in total. The Morgan fingerprint density at radius 2 is 1.27 bits per heavy atom. The Bertz CT molecular complexity index is 421. The van der Waals surface area contributed by atoms with Crippen LogP contribution in [0.2, 0.25) is 0 Å². The summed E-state index contributed by atoms with van der Waals surface area (Å²) in [5.74, 6) is 3.38. The number of hydrogen-bond donors (Lipinski definition) is 0. The van der Waals surface area contributed by atoms with E-state index in [1.54, 1.807) is 0 Å². The predicted molar refractivity (Wildman–Crippen MR) is 94.2 cm³/mol. The average molecular weight is 297 g/mol. The van der Waals surface area contributed by atoms with E-state index in [1.807, 2.05) is 18.2 Å². The molecule has 0 radical (unpaired) electrons. The van der Waals surface area contributed by atoms with Crippen LogP contribution in [0.25, 0.3) is 0 Å². The summed E-state index contributed by atoms with van der Waals surface area (Å²) in [5.41, 5.74) is 0. The number of allylic oxidation sites excluding steroid dienone is 6. The summed E-state index contributed by atoms with van der Waals surface area (Å²) in [4.78, 5) is 0. The monoisotopic (exact) mass is 297 g/mol. The van der Waals surface area contributed by atoms with Crippen molar-refractivity contribution in [2.24, 2.45) is 23.7 Å². The molecule has 22 heavy (non-hydrogen) atoms. The minimum atomic E-state index is 0.716. The summed E-state index contributed by atoms with van der Waals surface area (Å²) in [5, 5.41) is 8.45. The van der Waals surface area contributed by atoms with Gasteiger partial charge in [-0.15, -0.1) is 0 Å². The molecule has 0 aliphatic heterocycles. The van der Waals surface area contributed by atoms with Crippen LogP contribution in [0.15, 0.2) is 36.5 Å². The Morgan fingerprint density at radius 1 is 0.773 bits per heavy atom. The predicted octanol–water partition coefficient (Wildman–Crippen LogP) is 6.20. The lowest BCUT2D eigenvalue weighted by molar-refractivity contribution is 0.301. The van der Waals surface area contributed by atoms with E-state index in [4.69, 9.17) is 5.26 Å². The third kappa shape index (κ3) is 5.84. The molecular weight excluding hydrogens is 266 g/mol. The van der Waals surface area contributed by atoms with E-state index in [0.717, 1.165) is 17.8 Å².